The second-order valence-electron chi connectivity index (χ2n) is 6.41. The summed E-state index contributed by atoms with van der Waals surface area (Å²) in [6.07, 6.45) is 5.15. The lowest BCUT2D eigenvalue weighted by atomic mass is 10.2. The maximum Gasteiger partial charge on any atom is 0.224 e. The fourth-order valence-corrected chi connectivity index (χ4v) is 3.37. The highest BCUT2D eigenvalue weighted by Gasteiger charge is 2.13. The summed E-state index contributed by atoms with van der Waals surface area (Å²) in [5, 5.41) is 7.63. The fourth-order valence-electron chi connectivity index (χ4n) is 2.87. The Morgan fingerprint density at radius 3 is 2.80 bits per heavy atom. The van der Waals surface area contributed by atoms with E-state index in [1.165, 1.54) is 10.7 Å². The molecule has 30 heavy (non-hydrogen) atoms. The first-order valence-corrected chi connectivity index (χ1v) is 9.75. The average Bonchev–Trinajstić information content (AvgIpc) is 3.39. The molecule has 2 heterocycles. The van der Waals surface area contributed by atoms with E-state index in [1.54, 1.807) is 55.0 Å². The largest absolute Gasteiger partial charge is 0.441 e. The molecule has 0 saturated heterocycles. The molecule has 2 aromatic heterocycles. The standard InChI is InChI=1S/C21H15Cl2FN4O2/c22-13-2-4-15(16(23)10-13)19-12-25-21(30-19)7-6-20(29)27-14-3-5-18(17(24)11-14)28-9-1-8-26-28/h1-5,8-12H,6-7H2,(H,27,29). The number of nitrogens with zero attached hydrogens (tertiary/aromatic N) is 3. The lowest BCUT2D eigenvalue weighted by molar-refractivity contribution is -0.116. The van der Waals surface area contributed by atoms with Crippen LogP contribution in [0.5, 0.6) is 0 Å². The third kappa shape index (κ3) is 4.53. The highest BCUT2D eigenvalue weighted by Crippen LogP contribution is 2.31. The van der Waals surface area contributed by atoms with E-state index in [-0.39, 0.29) is 18.7 Å². The van der Waals surface area contributed by atoms with E-state index in [4.69, 9.17) is 27.6 Å². The number of amides is 1. The van der Waals surface area contributed by atoms with E-state index in [0.29, 0.717) is 38.6 Å². The number of halogens is 3. The molecule has 0 fully saturated rings. The first-order chi connectivity index (χ1) is 14.5. The molecule has 9 heteroatoms. The fraction of sp³-hybridized carbons (Fsp3) is 0.0952. The maximum absolute atomic E-state index is 14.3. The van der Waals surface area contributed by atoms with Crippen LogP contribution in [0.15, 0.2) is 65.5 Å². The van der Waals surface area contributed by atoms with Crippen LogP contribution in [0, 0.1) is 5.82 Å². The van der Waals surface area contributed by atoms with Gasteiger partial charge in [-0.2, -0.15) is 5.10 Å². The van der Waals surface area contributed by atoms with E-state index in [9.17, 15) is 9.18 Å². The van der Waals surface area contributed by atoms with Crippen LogP contribution in [0.3, 0.4) is 0 Å². The van der Waals surface area contributed by atoms with Gasteiger partial charge in [-0.25, -0.2) is 14.1 Å². The van der Waals surface area contributed by atoms with Gasteiger partial charge >= 0.3 is 0 Å². The van der Waals surface area contributed by atoms with Gasteiger partial charge in [-0.15, -0.1) is 0 Å². The van der Waals surface area contributed by atoms with Gasteiger partial charge in [0.15, 0.2) is 17.5 Å². The molecular weight excluding hydrogens is 430 g/mol. The highest BCUT2D eigenvalue weighted by molar-refractivity contribution is 6.36. The third-order valence-corrected chi connectivity index (χ3v) is 4.85. The zero-order chi connectivity index (χ0) is 21.1. The number of hydrogen-bond donors (Lipinski definition) is 1. The van der Waals surface area contributed by atoms with Crippen molar-refractivity contribution in [3.8, 4) is 17.0 Å². The Morgan fingerprint density at radius 2 is 2.07 bits per heavy atom. The average molecular weight is 445 g/mol. The van der Waals surface area contributed by atoms with E-state index < -0.39 is 5.82 Å². The molecule has 0 unspecified atom stereocenters. The zero-order valence-corrected chi connectivity index (χ0v) is 17.0. The van der Waals surface area contributed by atoms with Crippen molar-refractivity contribution >= 4 is 34.8 Å². The van der Waals surface area contributed by atoms with Crippen LogP contribution in [0.25, 0.3) is 17.0 Å². The zero-order valence-electron chi connectivity index (χ0n) is 15.5. The van der Waals surface area contributed by atoms with Crippen LogP contribution in [0.2, 0.25) is 10.0 Å². The third-order valence-electron chi connectivity index (χ3n) is 4.30. The quantitative estimate of drug-likeness (QED) is 0.423. The Morgan fingerprint density at radius 1 is 1.20 bits per heavy atom. The normalized spacial score (nSPS) is 10.9. The highest BCUT2D eigenvalue weighted by atomic mass is 35.5. The van der Waals surface area contributed by atoms with Crippen molar-refractivity contribution < 1.29 is 13.6 Å². The molecule has 0 aliphatic rings. The number of aryl methyl sites for hydroxylation is 1. The van der Waals surface area contributed by atoms with Gasteiger partial charge < -0.3 is 9.73 Å². The molecule has 1 N–H and O–H groups in total. The molecule has 0 spiro atoms. The molecule has 0 atom stereocenters. The van der Waals surface area contributed by atoms with Crippen LogP contribution in [0.1, 0.15) is 12.3 Å². The number of nitrogens with one attached hydrogen (secondary N) is 1. The molecule has 152 valence electrons. The molecule has 0 aliphatic heterocycles. The Bertz CT molecular complexity index is 1190. The van der Waals surface area contributed by atoms with E-state index >= 15 is 0 Å². The smallest absolute Gasteiger partial charge is 0.224 e. The number of rotatable bonds is 6. The van der Waals surface area contributed by atoms with E-state index in [2.05, 4.69) is 15.4 Å². The van der Waals surface area contributed by atoms with Gasteiger partial charge in [0.25, 0.3) is 0 Å². The van der Waals surface area contributed by atoms with Crippen molar-refractivity contribution in [2.24, 2.45) is 0 Å². The van der Waals surface area contributed by atoms with Crippen LogP contribution < -0.4 is 5.32 Å². The first-order valence-electron chi connectivity index (χ1n) is 8.99. The molecule has 2 aromatic carbocycles. The number of benzene rings is 2. The summed E-state index contributed by atoms with van der Waals surface area (Å²) in [4.78, 5) is 16.4. The summed E-state index contributed by atoms with van der Waals surface area (Å²) < 4.78 is 21.4. The summed E-state index contributed by atoms with van der Waals surface area (Å²) in [5.41, 5.74) is 1.32. The minimum atomic E-state index is -0.492. The Labute approximate surface area is 181 Å². The van der Waals surface area contributed by atoms with Crippen molar-refractivity contribution in [2.75, 3.05) is 5.32 Å². The number of carbonyl (C=O) groups is 1. The first kappa shape index (κ1) is 20.1. The van der Waals surface area contributed by atoms with E-state index in [1.807, 2.05) is 0 Å². The van der Waals surface area contributed by atoms with Gasteiger partial charge in [0.1, 0.15) is 5.69 Å². The molecule has 4 rings (SSSR count). The molecule has 0 bridgehead atoms. The monoisotopic (exact) mass is 444 g/mol. The van der Waals surface area contributed by atoms with Gasteiger partial charge in [-0.1, -0.05) is 23.2 Å². The van der Waals surface area contributed by atoms with Crippen LogP contribution in [0.4, 0.5) is 10.1 Å². The Kier molecular flexibility index (Phi) is 5.83. The lowest BCUT2D eigenvalue weighted by Gasteiger charge is -2.08. The summed E-state index contributed by atoms with van der Waals surface area (Å²) in [6.45, 7) is 0. The number of hydrogen-bond acceptors (Lipinski definition) is 4. The van der Waals surface area contributed by atoms with Gasteiger partial charge in [-0.05, 0) is 42.5 Å². The van der Waals surface area contributed by atoms with Gasteiger partial charge in [0, 0.05) is 41.5 Å². The van der Waals surface area contributed by atoms with Crippen molar-refractivity contribution in [2.45, 2.75) is 12.8 Å². The predicted molar refractivity (Wildman–Crippen MR) is 112 cm³/mol. The minimum absolute atomic E-state index is 0.122. The lowest BCUT2D eigenvalue weighted by Crippen LogP contribution is -2.13. The van der Waals surface area contributed by atoms with Crippen LogP contribution >= 0.6 is 23.2 Å². The molecular formula is C21H15Cl2FN4O2. The van der Waals surface area contributed by atoms with Gasteiger partial charge in [0.05, 0.1) is 11.2 Å². The predicted octanol–water partition coefficient (Wildman–Crippen LogP) is 5.54. The number of carbonyl (C=O) groups excluding carboxylic acids is 1. The van der Waals surface area contributed by atoms with Crippen molar-refractivity contribution in [1.82, 2.24) is 14.8 Å². The molecule has 0 saturated carbocycles. The topological polar surface area (TPSA) is 73.0 Å². The summed E-state index contributed by atoms with van der Waals surface area (Å²) in [7, 11) is 0. The van der Waals surface area contributed by atoms with Crippen LogP contribution in [-0.2, 0) is 11.2 Å². The summed E-state index contributed by atoms with van der Waals surface area (Å²) in [5.74, 6) is 0.105. The SMILES string of the molecule is O=C(CCc1ncc(-c2ccc(Cl)cc2Cl)o1)Nc1ccc(-n2cccn2)c(F)c1. The number of anilines is 1. The molecule has 6 nitrogen and oxygen atoms in total. The number of aromatic nitrogens is 3. The molecule has 1 amide bonds. The minimum Gasteiger partial charge on any atom is -0.441 e. The summed E-state index contributed by atoms with van der Waals surface area (Å²) >= 11 is 12.1. The van der Waals surface area contributed by atoms with Crippen LogP contribution in [-0.4, -0.2) is 20.7 Å². The molecule has 0 aliphatic carbocycles. The Balaban J connectivity index is 1.36. The summed E-state index contributed by atoms with van der Waals surface area (Å²) in [6, 6.07) is 11.2. The van der Waals surface area contributed by atoms with Crippen molar-refractivity contribution in [3.05, 3.63) is 82.8 Å². The molecule has 4 aromatic rings. The van der Waals surface area contributed by atoms with Gasteiger partial charge in [-0.3, -0.25) is 4.79 Å². The maximum atomic E-state index is 14.3. The molecule has 0 radical (unpaired) electrons. The van der Waals surface area contributed by atoms with Gasteiger partial charge in [0.2, 0.25) is 5.91 Å². The van der Waals surface area contributed by atoms with Crippen molar-refractivity contribution in [1.29, 1.82) is 0 Å². The van der Waals surface area contributed by atoms with E-state index in [0.717, 1.165) is 0 Å². The second-order valence-corrected chi connectivity index (χ2v) is 7.25. The Hall–Kier alpha value is -3.16. The second kappa shape index (κ2) is 8.69. The number of oxazole rings is 1. The van der Waals surface area contributed by atoms with Crippen molar-refractivity contribution in [3.63, 3.8) is 0 Å².